The molecule has 0 unspecified atom stereocenters. The second kappa shape index (κ2) is 9.21. The zero-order valence-corrected chi connectivity index (χ0v) is 18.6. The van der Waals surface area contributed by atoms with Gasteiger partial charge in [-0.05, 0) is 61.8 Å². The van der Waals surface area contributed by atoms with Crippen LogP contribution in [0.4, 0.5) is 0 Å². The average Bonchev–Trinajstić information content (AvgIpc) is 2.51. The van der Waals surface area contributed by atoms with Crippen LogP contribution < -0.4 is 4.74 Å². The van der Waals surface area contributed by atoms with Crippen molar-refractivity contribution in [1.82, 2.24) is 0 Å². The molecular weight excluding hydrogens is 492 g/mol. The Morgan fingerprint density at radius 1 is 1.05 bits per heavy atom. The van der Waals surface area contributed by atoms with E-state index in [1.807, 2.05) is 0 Å². The third kappa shape index (κ3) is 6.63. The van der Waals surface area contributed by atoms with Gasteiger partial charge in [-0.3, -0.25) is 0 Å². The lowest BCUT2D eigenvalue weighted by atomic mass is 9.83. The molecule has 1 aliphatic rings. The SMILES string of the molecule is COc1ccc([C@H]2CC[C@H](OCCC[Si](Br)(Br)Br)CC2)cc1. The number of ether oxygens (including phenoxy) is 2. The lowest BCUT2D eigenvalue weighted by molar-refractivity contribution is 0.0251. The monoisotopic (exact) mass is 512 g/mol. The number of hydrogen-bond acceptors (Lipinski definition) is 2. The summed E-state index contributed by atoms with van der Waals surface area (Å²) in [6.45, 7) is 0.870. The maximum atomic E-state index is 6.04. The van der Waals surface area contributed by atoms with Crippen molar-refractivity contribution in [3.63, 3.8) is 0 Å². The molecule has 0 aromatic heterocycles. The van der Waals surface area contributed by atoms with E-state index < -0.39 is 3.93 Å². The molecule has 1 aromatic carbocycles. The van der Waals surface area contributed by atoms with E-state index in [0.29, 0.717) is 12.0 Å². The molecule has 2 rings (SSSR count). The highest BCUT2D eigenvalue weighted by Gasteiger charge is 2.24. The van der Waals surface area contributed by atoms with Crippen LogP contribution in [0.3, 0.4) is 0 Å². The Labute approximate surface area is 158 Å². The predicted molar refractivity (Wildman–Crippen MR) is 106 cm³/mol. The van der Waals surface area contributed by atoms with Crippen LogP contribution in [0.15, 0.2) is 24.3 Å². The van der Waals surface area contributed by atoms with E-state index in [-0.39, 0.29) is 0 Å². The van der Waals surface area contributed by atoms with Gasteiger partial charge in [-0.2, -0.15) is 0 Å². The summed E-state index contributed by atoms with van der Waals surface area (Å²) in [5.41, 5.74) is 1.44. The molecule has 0 radical (unpaired) electrons. The highest BCUT2D eigenvalue weighted by atomic mass is 80.0. The van der Waals surface area contributed by atoms with Crippen molar-refractivity contribution in [2.24, 2.45) is 0 Å². The molecule has 0 amide bonds. The number of hydrogen-bond donors (Lipinski definition) is 0. The largest absolute Gasteiger partial charge is 0.497 e. The topological polar surface area (TPSA) is 18.5 Å². The zero-order valence-electron chi connectivity index (χ0n) is 12.9. The summed E-state index contributed by atoms with van der Waals surface area (Å²) in [5.74, 6) is 1.62. The fourth-order valence-electron chi connectivity index (χ4n) is 2.96. The Balaban J connectivity index is 1.69. The number of methoxy groups -OCH3 is 1. The molecule has 0 atom stereocenters. The first-order valence-corrected chi connectivity index (χ1v) is 16.8. The van der Waals surface area contributed by atoms with Crippen molar-refractivity contribution in [3.8, 4) is 5.75 Å². The maximum absolute atomic E-state index is 6.04. The van der Waals surface area contributed by atoms with Gasteiger partial charge in [0.05, 0.1) is 13.2 Å². The molecule has 1 aliphatic carbocycles. The lowest BCUT2D eigenvalue weighted by Gasteiger charge is -2.29. The number of benzene rings is 1. The summed E-state index contributed by atoms with van der Waals surface area (Å²) in [5, 5.41) is 0. The second-order valence-corrected chi connectivity index (χ2v) is 29.3. The third-order valence-corrected chi connectivity index (χ3v) is 8.71. The Hall–Kier alpha value is 0.637. The van der Waals surface area contributed by atoms with Crippen molar-refractivity contribution >= 4 is 49.8 Å². The van der Waals surface area contributed by atoms with E-state index in [0.717, 1.165) is 24.8 Å². The first kappa shape index (κ1) is 19.0. The maximum Gasteiger partial charge on any atom is 0.267 e. The van der Waals surface area contributed by atoms with Crippen molar-refractivity contribution < 1.29 is 9.47 Å². The normalized spacial score (nSPS) is 22.5. The van der Waals surface area contributed by atoms with Crippen LogP contribution in [0, 0.1) is 0 Å². The fraction of sp³-hybridized carbons (Fsp3) is 0.625. The first-order valence-electron chi connectivity index (χ1n) is 7.80. The number of rotatable bonds is 7. The molecule has 2 nitrogen and oxygen atoms in total. The summed E-state index contributed by atoms with van der Waals surface area (Å²) < 4.78 is 9.80. The Bertz CT molecular complexity index is 440. The zero-order chi connectivity index (χ0) is 16.0. The molecule has 0 spiro atoms. The molecule has 0 bridgehead atoms. The van der Waals surface area contributed by atoms with Gasteiger partial charge < -0.3 is 9.47 Å². The summed E-state index contributed by atoms with van der Waals surface area (Å²) >= 11 is 11.0. The summed E-state index contributed by atoms with van der Waals surface area (Å²) in [6.07, 6.45) is 6.36. The van der Waals surface area contributed by atoms with Gasteiger partial charge in [0, 0.05) is 6.61 Å². The van der Waals surface area contributed by atoms with Gasteiger partial charge in [-0.25, -0.2) is 0 Å². The van der Waals surface area contributed by atoms with Gasteiger partial charge >= 0.3 is 0 Å². The van der Waals surface area contributed by atoms with E-state index in [4.69, 9.17) is 9.47 Å². The van der Waals surface area contributed by atoms with Crippen molar-refractivity contribution in [3.05, 3.63) is 29.8 Å². The van der Waals surface area contributed by atoms with Gasteiger partial charge in [0.25, 0.3) is 3.93 Å². The smallest absolute Gasteiger partial charge is 0.267 e. The van der Waals surface area contributed by atoms with E-state index in [1.54, 1.807) is 7.11 Å². The quantitative estimate of drug-likeness (QED) is 0.243. The molecule has 6 heteroatoms. The molecule has 0 aliphatic heterocycles. The molecule has 1 saturated carbocycles. The summed E-state index contributed by atoms with van der Waals surface area (Å²) in [7, 11) is 1.71. The van der Waals surface area contributed by atoms with Crippen molar-refractivity contribution in [1.29, 1.82) is 0 Å². The van der Waals surface area contributed by atoms with Crippen molar-refractivity contribution in [2.45, 2.75) is 50.2 Å². The van der Waals surface area contributed by atoms with E-state index in [9.17, 15) is 0 Å². The molecule has 22 heavy (non-hydrogen) atoms. The second-order valence-electron chi connectivity index (χ2n) is 5.84. The molecule has 0 saturated heterocycles. The molecule has 0 heterocycles. The molecule has 124 valence electrons. The van der Waals surface area contributed by atoms with Crippen LogP contribution in [-0.4, -0.2) is 23.8 Å². The van der Waals surface area contributed by atoms with E-state index in [1.165, 1.54) is 31.2 Å². The minimum atomic E-state index is -1.46. The fourth-order valence-corrected chi connectivity index (χ4v) is 6.03. The van der Waals surface area contributed by atoms with Crippen molar-refractivity contribution in [2.75, 3.05) is 13.7 Å². The van der Waals surface area contributed by atoms with E-state index >= 15 is 0 Å². The highest BCUT2D eigenvalue weighted by molar-refractivity contribution is 9.72. The Morgan fingerprint density at radius 2 is 1.68 bits per heavy atom. The van der Waals surface area contributed by atoms with Crippen LogP contribution in [0.2, 0.25) is 6.04 Å². The van der Waals surface area contributed by atoms with Gasteiger partial charge in [-0.1, -0.05) is 58.0 Å². The minimum Gasteiger partial charge on any atom is -0.497 e. The molecule has 1 aromatic rings. The Morgan fingerprint density at radius 3 is 2.23 bits per heavy atom. The average molecular weight is 515 g/mol. The van der Waals surface area contributed by atoms with Crippen LogP contribution in [0.1, 0.15) is 43.6 Å². The van der Waals surface area contributed by atoms with E-state index in [2.05, 4.69) is 70.1 Å². The van der Waals surface area contributed by atoms with Crippen LogP contribution >= 0.6 is 45.9 Å². The van der Waals surface area contributed by atoms with Gasteiger partial charge in [0.1, 0.15) is 5.75 Å². The summed E-state index contributed by atoms with van der Waals surface area (Å²) in [6, 6.07) is 9.67. The first-order chi connectivity index (χ1) is 10.5. The predicted octanol–water partition coefficient (Wildman–Crippen LogP) is 6.25. The van der Waals surface area contributed by atoms with Crippen LogP contribution in [0.25, 0.3) is 0 Å². The van der Waals surface area contributed by atoms with Gasteiger partial charge in [-0.15, -0.1) is 0 Å². The van der Waals surface area contributed by atoms with Crippen LogP contribution in [0.5, 0.6) is 5.75 Å². The third-order valence-electron chi connectivity index (χ3n) is 4.22. The molecule has 0 N–H and O–H groups in total. The molecule has 1 fully saturated rings. The molecular formula is C16H23Br3O2Si. The summed E-state index contributed by atoms with van der Waals surface area (Å²) in [4.78, 5) is 0. The lowest BCUT2D eigenvalue weighted by Crippen LogP contribution is -2.21. The van der Waals surface area contributed by atoms with Gasteiger partial charge in [0.15, 0.2) is 0 Å². The highest BCUT2D eigenvalue weighted by Crippen LogP contribution is 2.35. The minimum absolute atomic E-state index is 0.451. The Kier molecular flexibility index (Phi) is 7.94. The number of halogens is 3. The standard InChI is InChI=1S/C16H23Br3O2Si/c1-20-15-7-3-13(4-8-15)14-5-9-16(10-6-14)21-11-2-12-22(17,18)19/h3-4,7-8,14,16H,2,5-6,9-12H2,1H3/t14-,16-. The van der Waals surface area contributed by atoms with Crippen LogP contribution in [-0.2, 0) is 4.74 Å². The van der Waals surface area contributed by atoms with Gasteiger partial charge in [0.2, 0.25) is 0 Å².